The van der Waals surface area contributed by atoms with Crippen LogP contribution in [0.1, 0.15) is 24.2 Å². The third kappa shape index (κ3) is 3.38. The van der Waals surface area contributed by atoms with E-state index in [1.54, 1.807) is 13.8 Å². The summed E-state index contributed by atoms with van der Waals surface area (Å²) in [5, 5.41) is 8.86. The van der Waals surface area contributed by atoms with Gasteiger partial charge in [-0.05, 0) is 26.0 Å². The Balaban J connectivity index is 2.49. The van der Waals surface area contributed by atoms with Crippen LogP contribution in [0.2, 0.25) is 10.0 Å². The summed E-state index contributed by atoms with van der Waals surface area (Å²) in [6.45, 7) is 3.89. The van der Waals surface area contributed by atoms with Gasteiger partial charge in [0.25, 0.3) is 0 Å². The van der Waals surface area contributed by atoms with Gasteiger partial charge in [-0.2, -0.15) is 4.31 Å². The first-order chi connectivity index (χ1) is 10.1. The number of rotatable bonds is 3. The highest BCUT2D eigenvalue weighted by Gasteiger charge is 2.34. The third-order valence-corrected chi connectivity index (χ3v) is 5.86. The highest BCUT2D eigenvalue weighted by molar-refractivity contribution is 7.89. The second-order valence-electron chi connectivity index (χ2n) is 5.15. The number of aromatic carboxylic acids is 1. The van der Waals surface area contributed by atoms with Crippen LogP contribution < -0.4 is 0 Å². The second-order valence-corrected chi connectivity index (χ2v) is 7.87. The van der Waals surface area contributed by atoms with Gasteiger partial charge in [0, 0.05) is 13.1 Å². The Labute approximate surface area is 138 Å². The molecule has 0 aliphatic carbocycles. The maximum absolute atomic E-state index is 12.7. The van der Waals surface area contributed by atoms with Crippen LogP contribution in [0, 0.1) is 0 Å². The average molecular weight is 368 g/mol. The summed E-state index contributed by atoms with van der Waals surface area (Å²) in [6.07, 6.45) is -0.521. The van der Waals surface area contributed by atoms with Crippen molar-refractivity contribution >= 4 is 39.2 Å². The monoisotopic (exact) mass is 367 g/mol. The highest BCUT2D eigenvalue weighted by atomic mass is 35.5. The molecule has 2 rings (SSSR count). The fourth-order valence-electron chi connectivity index (χ4n) is 2.36. The molecule has 1 saturated heterocycles. The normalized spacial score (nSPS) is 23.5. The molecule has 0 unspecified atom stereocenters. The molecule has 1 heterocycles. The molecule has 9 heteroatoms. The number of carboxylic acid groups (broad SMARTS) is 1. The molecule has 122 valence electrons. The summed E-state index contributed by atoms with van der Waals surface area (Å²) in [5.41, 5.74) is -0.306. The molecule has 6 nitrogen and oxygen atoms in total. The first kappa shape index (κ1) is 17.5. The topological polar surface area (TPSA) is 83.9 Å². The summed E-state index contributed by atoms with van der Waals surface area (Å²) in [4.78, 5) is 10.9. The van der Waals surface area contributed by atoms with Gasteiger partial charge in [0.05, 0.1) is 27.8 Å². The summed E-state index contributed by atoms with van der Waals surface area (Å²) in [7, 11) is -3.93. The van der Waals surface area contributed by atoms with Crippen LogP contribution in [0.5, 0.6) is 0 Å². The highest BCUT2D eigenvalue weighted by Crippen LogP contribution is 2.31. The van der Waals surface area contributed by atoms with Crippen molar-refractivity contribution in [3.63, 3.8) is 0 Å². The Morgan fingerprint density at radius 1 is 1.23 bits per heavy atom. The van der Waals surface area contributed by atoms with Crippen LogP contribution in [0.25, 0.3) is 0 Å². The first-order valence-electron chi connectivity index (χ1n) is 6.51. The third-order valence-electron chi connectivity index (χ3n) is 3.26. The fraction of sp³-hybridized carbons (Fsp3) is 0.462. The minimum Gasteiger partial charge on any atom is -0.478 e. The molecule has 2 atom stereocenters. The number of hydrogen-bond donors (Lipinski definition) is 1. The number of morpholine rings is 1. The predicted molar refractivity (Wildman–Crippen MR) is 82.2 cm³/mol. The van der Waals surface area contributed by atoms with E-state index in [2.05, 4.69) is 0 Å². The largest absolute Gasteiger partial charge is 0.478 e. The van der Waals surface area contributed by atoms with Crippen molar-refractivity contribution in [3.05, 3.63) is 27.7 Å². The predicted octanol–water partition coefficient (Wildman–Crippen LogP) is 2.49. The van der Waals surface area contributed by atoms with E-state index in [1.807, 2.05) is 0 Å². The van der Waals surface area contributed by atoms with Crippen LogP contribution >= 0.6 is 23.2 Å². The standard InChI is InChI=1S/C13H15Cl2NO5S/c1-7-5-16(6-8(2)21-7)22(19,20)12-3-9(13(17)18)10(14)4-11(12)15/h3-4,7-8H,5-6H2,1-2H3,(H,17,18)/t7-,8-/m1/s1. The molecule has 1 aliphatic heterocycles. The lowest BCUT2D eigenvalue weighted by atomic mass is 10.2. The van der Waals surface area contributed by atoms with Gasteiger partial charge < -0.3 is 9.84 Å². The summed E-state index contributed by atoms with van der Waals surface area (Å²) in [5.74, 6) is -1.32. The lowest BCUT2D eigenvalue weighted by Gasteiger charge is -2.34. The molecule has 0 amide bonds. The Hall–Kier alpha value is -0.860. The Morgan fingerprint density at radius 3 is 2.27 bits per heavy atom. The number of sulfonamides is 1. The lowest BCUT2D eigenvalue weighted by molar-refractivity contribution is -0.0440. The zero-order valence-electron chi connectivity index (χ0n) is 11.9. The molecule has 1 aromatic carbocycles. The minimum absolute atomic E-state index is 0.109. The molecule has 0 radical (unpaired) electrons. The Kier molecular flexibility index (Phi) is 5.03. The van der Waals surface area contributed by atoms with Crippen LogP contribution in [0.4, 0.5) is 0 Å². The molecule has 1 aliphatic rings. The smallest absolute Gasteiger partial charge is 0.337 e. The maximum atomic E-state index is 12.7. The summed E-state index contributed by atoms with van der Waals surface area (Å²) in [6, 6.07) is 2.12. The number of benzene rings is 1. The van der Waals surface area contributed by atoms with Gasteiger partial charge in [-0.3, -0.25) is 0 Å². The molecule has 22 heavy (non-hydrogen) atoms. The molecular weight excluding hydrogens is 353 g/mol. The van der Waals surface area contributed by atoms with E-state index in [-0.39, 0.29) is 45.8 Å². The van der Waals surface area contributed by atoms with E-state index in [0.717, 1.165) is 12.1 Å². The van der Waals surface area contributed by atoms with Gasteiger partial charge in [-0.25, -0.2) is 13.2 Å². The SMILES string of the molecule is C[C@@H]1CN(S(=O)(=O)c2cc(C(=O)O)c(Cl)cc2Cl)C[C@@H](C)O1. The molecule has 1 fully saturated rings. The van der Waals surface area contributed by atoms with E-state index in [0.29, 0.717) is 0 Å². The van der Waals surface area contributed by atoms with Crippen LogP contribution in [-0.2, 0) is 14.8 Å². The van der Waals surface area contributed by atoms with Crippen LogP contribution in [0.3, 0.4) is 0 Å². The zero-order valence-corrected chi connectivity index (χ0v) is 14.2. The Morgan fingerprint density at radius 2 is 1.77 bits per heavy atom. The number of carboxylic acids is 1. The molecule has 0 bridgehead atoms. The van der Waals surface area contributed by atoms with Crippen molar-refractivity contribution in [2.75, 3.05) is 13.1 Å². The van der Waals surface area contributed by atoms with Crippen LogP contribution in [-0.4, -0.2) is 49.1 Å². The van der Waals surface area contributed by atoms with E-state index in [1.165, 1.54) is 4.31 Å². The van der Waals surface area contributed by atoms with Crippen molar-refractivity contribution < 1.29 is 23.1 Å². The van der Waals surface area contributed by atoms with E-state index >= 15 is 0 Å². The summed E-state index contributed by atoms with van der Waals surface area (Å²) < 4.78 is 32.2. The van der Waals surface area contributed by atoms with Gasteiger partial charge in [-0.1, -0.05) is 23.2 Å². The fourth-order valence-corrected chi connectivity index (χ4v) is 4.78. The first-order valence-corrected chi connectivity index (χ1v) is 8.70. The number of nitrogens with zero attached hydrogens (tertiary/aromatic N) is 1. The molecule has 0 aromatic heterocycles. The van der Waals surface area contributed by atoms with Crippen molar-refractivity contribution in [3.8, 4) is 0 Å². The number of carbonyl (C=O) groups is 1. The van der Waals surface area contributed by atoms with Gasteiger partial charge >= 0.3 is 5.97 Å². The van der Waals surface area contributed by atoms with Crippen molar-refractivity contribution in [2.24, 2.45) is 0 Å². The van der Waals surface area contributed by atoms with Crippen molar-refractivity contribution in [1.29, 1.82) is 0 Å². The zero-order chi connectivity index (χ0) is 16.7. The average Bonchev–Trinajstić information content (AvgIpc) is 2.36. The molecule has 0 saturated carbocycles. The molecule has 0 spiro atoms. The molecular formula is C13H15Cl2NO5S. The van der Waals surface area contributed by atoms with E-state index in [9.17, 15) is 13.2 Å². The van der Waals surface area contributed by atoms with Gasteiger partial charge in [0.2, 0.25) is 10.0 Å². The van der Waals surface area contributed by atoms with E-state index in [4.69, 9.17) is 33.0 Å². The number of ether oxygens (including phenoxy) is 1. The van der Waals surface area contributed by atoms with Crippen molar-refractivity contribution in [2.45, 2.75) is 31.0 Å². The van der Waals surface area contributed by atoms with Crippen LogP contribution in [0.15, 0.2) is 17.0 Å². The molecule has 1 aromatic rings. The van der Waals surface area contributed by atoms with Gasteiger partial charge in [0.15, 0.2) is 0 Å². The maximum Gasteiger partial charge on any atom is 0.337 e. The van der Waals surface area contributed by atoms with Gasteiger partial charge in [-0.15, -0.1) is 0 Å². The number of hydrogen-bond acceptors (Lipinski definition) is 4. The number of halogens is 2. The Bertz CT molecular complexity index is 697. The van der Waals surface area contributed by atoms with Crippen molar-refractivity contribution in [1.82, 2.24) is 4.31 Å². The summed E-state index contributed by atoms with van der Waals surface area (Å²) >= 11 is 11.8. The molecule has 1 N–H and O–H groups in total. The quantitative estimate of drug-likeness (QED) is 0.886. The van der Waals surface area contributed by atoms with Gasteiger partial charge in [0.1, 0.15) is 4.90 Å². The minimum atomic E-state index is -3.93. The van der Waals surface area contributed by atoms with E-state index < -0.39 is 16.0 Å². The lowest BCUT2D eigenvalue weighted by Crippen LogP contribution is -2.48. The second kappa shape index (κ2) is 6.33.